The molecular formula is C5H12OS. The van der Waals surface area contributed by atoms with Crippen molar-refractivity contribution in [2.45, 2.75) is 13.8 Å². The predicted molar refractivity (Wildman–Crippen MR) is 36.3 cm³/mol. The zero-order valence-corrected chi connectivity index (χ0v) is 5.75. The molecule has 0 atom stereocenters. The molecule has 0 aromatic heterocycles. The van der Waals surface area contributed by atoms with Gasteiger partial charge in [-0.15, -0.1) is 0 Å². The summed E-state index contributed by atoms with van der Waals surface area (Å²) in [7, 11) is -1.66. The maximum absolute atomic E-state index is 10.8. The van der Waals surface area contributed by atoms with Crippen LogP contribution < -0.4 is 0 Å². The molecule has 0 rings (SSSR count). The summed E-state index contributed by atoms with van der Waals surface area (Å²) < 4.78 is 10.8. The Bertz CT molecular complexity index is 111. The molecule has 0 saturated heterocycles. The highest BCUT2D eigenvalue weighted by Crippen LogP contribution is 1.84. The fourth-order valence-corrected chi connectivity index (χ4v) is 0.612. The Morgan fingerprint density at radius 3 is 1.71 bits per heavy atom. The molecule has 0 fully saturated rings. The zero-order valence-electron chi connectivity index (χ0n) is 4.94. The first kappa shape index (κ1) is 7.02. The summed E-state index contributed by atoms with van der Waals surface area (Å²) in [6.45, 7) is 3.80. The highest BCUT2D eigenvalue weighted by molar-refractivity contribution is 8.00. The van der Waals surface area contributed by atoms with Gasteiger partial charge in [0.25, 0.3) is 0 Å². The van der Waals surface area contributed by atoms with Gasteiger partial charge in [0.05, 0.1) is 0 Å². The Hall–Kier alpha value is 0.0200. The van der Waals surface area contributed by atoms with Gasteiger partial charge in [-0.05, 0) is 15.4 Å². The first-order valence-corrected chi connectivity index (χ1v) is 4.51. The molecule has 0 heterocycles. The van der Waals surface area contributed by atoms with Crippen molar-refractivity contribution < 1.29 is 4.21 Å². The maximum Gasteiger partial charge on any atom is 0.0130 e. The van der Waals surface area contributed by atoms with E-state index in [1.165, 1.54) is 0 Å². The smallest absolute Gasteiger partial charge is 0.0130 e. The summed E-state index contributed by atoms with van der Waals surface area (Å²) in [5, 5.41) is 0. The van der Waals surface area contributed by atoms with Crippen molar-refractivity contribution in [1.82, 2.24) is 0 Å². The lowest BCUT2D eigenvalue weighted by atomic mass is 11.0. The minimum Gasteiger partial charge on any atom is -0.268 e. The van der Waals surface area contributed by atoms with Crippen LogP contribution in [0.15, 0.2) is 0 Å². The molecule has 0 amide bonds. The van der Waals surface area contributed by atoms with Crippen LogP contribution in [-0.4, -0.2) is 21.6 Å². The van der Waals surface area contributed by atoms with Crippen molar-refractivity contribution in [1.29, 1.82) is 0 Å². The second-order valence-electron chi connectivity index (χ2n) is 1.54. The van der Waals surface area contributed by atoms with Gasteiger partial charge in [-0.25, -0.2) is 0 Å². The largest absolute Gasteiger partial charge is 0.268 e. The molecule has 0 aliphatic heterocycles. The molecule has 0 aliphatic carbocycles. The van der Waals surface area contributed by atoms with Crippen molar-refractivity contribution >= 4 is 15.4 Å². The monoisotopic (exact) mass is 120 g/mol. The minimum atomic E-state index is -1.66. The fraction of sp³-hybridized carbons (Fsp3) is 0.800. The van der Waals surface area contributed by atoms with Crippen LogP contribution in [0, 0.1) is 0 Å². The van der Waals surface area contributed by atoms with Crippen LogP contribution in [0.4, 0.5) is 0 Å². The van der Waals surface area contributed by atoms with Gasteiger partial charge in [-0.3, -0.25) is 4.21 Å². The van der Waals surface area contributed by atoms with Crippen LogP contribution >= 0.6 is 0 Å². The predicted octanol–water partition coefficient (Wildman–Crippen LogP) is 0.743. The van der Waals surface area contributed by atoms with Crippen molar-refractivity contribution in [3.05, 3.63) is 0 Å². The molecule has 0 aromatic rings. The van der Waals surface area contributed by atoms with Gasteiger partial charge >= 0.3 is 0 Å². The molecule has 7 heavy (non-hydrogen) atoms. The van der Waals surface area contributed by atoms with Crippen LogP contribution in [0.1, 0.15) is 13.8 Å². The quantitative estimate of drug-likeness (QED) is 0.491. The lowest BCUT2D eigenvalue weighted by molar-refractivity contribution is 0.682. The first-order valence-electron chi connectivity index (χ1n) is 2.45. The second kappa shape index (κ2) is 2.36. The van der Waals surface area contributed by atoms with E-state index in [0.717, 1.165) is 0 Å². The molecule has 0 saturated carbocycles. The average Bonchev–Trinajstić information content (AvgIpc) is 1.68. The molecule has 0 bridgehead atoms. The normalized spacial score (nSPS) is 11.7. The highest BCUT2D eigenvalue weighted by atomic mass is 32.2. The van der Waals surface area contributed by atoms with Crippen molar-refractivity contribution in [2.75, 3.05) is 11.5 Å². The van der Waals surface area contributed by atoms with E-state index in [-0.39, 0.29) is 0 Å². The van der Waals surface area contributed by atoms with Gasteiger partial charge in [0, 0.05) is 11.5 Å². The summed E-state index contributed by atoms with van der Waals surface area (Å²) in [6.07, 6.45) is 0. The number of hydrogen-bond donors (Lipinski definition) is 0. The molecule has 2 heteroatoms. The van der Waals surface area contributed by atoms with E-state index in [1.54, 1.807) is 0 Å². The molecular weight excluding hydrogens is 108 g/mol. The summed E-state index contributed by atoms with van der Waals surface area (Å²) in [4.78, 5) is 0. The summed E-state index contributed by atoms with van der Waals surface area (Å²) in [6, 6.07) is 0. The van der Waals surface area contributed by atoms with Crippen molar-refractivity contribution in [3.8, 4) is 0 Å². The van der Waals surface area contributed by atoms with Crippen LogP contribution in [0.2, 0.25) is 0 Å². The third kappa shape index (κ3) is 2.68. The first-order chi connectivity index (χ1) is 3.12. The average molecular weight is 120 g/mol. The van der Waals surface area contributed by atoms with Gasteiger partial charge in [-0.1, -0.05) is 13.8 Å². The second-order valence-corrected chi connectivity index (χ2v) is 4.63. The molecule has 0 radical (unpaired) electrons. The minimum absolute atomic E-state index is 0.712. The summed E-state index contributed by atoms with van der Waals surface area (Å²) >= 11 is 0. The van der Waals surface area contributed by atoms with Crippen LogP contribution in [0.25, 0.3) is 0 Å². The van der Waals surface area contributed by atoms with E-state index in [9.17, 15) is 4.21 Å². The molecule has 0 aliphatic rings. The summed E-state index contributed by atoms with van der Waals surface area (Å²) in [5.41, 5.74) is 0. The standard InChI is InChI=1S/C5H12OS/c1-4-7(3,6)5-2/h3-5H2,1-2H3. The van der Waals surface area contributed by atoms with Gasteiger partial charge < -0.3 is 0 Å². The molecule has 0 N–H and O–H groups in total. The SMILES string of the molecule is C=S(=O)(CC)CC. The fourth-order valence-electron chi connectivity index (χ4n) is 0.204. The van der Waals surface area contributed by atoms with Gasteiger partial charge in [0.15, 0.2) is 0 Å². The lowest BCUT2D eigenvalue weighted by Crippen LogP contribution is -2.03. The molecule has 0 unspecified atom stereocenters. The number of hydrogen-bond acceptors (Lipinski definition) is 1. The van der Waals surface area contributed by atoms with Gasteiger partial charge in [-0.2, -0.15) is 0 Å². The topological polar surface area (TPSA) is 17.1 Å². The van der Waals surface area contributed by atoms with Gasteiger partial charge in [0.2, 0.25) is 0 Å². The third-order valence-corrected chi connectivity index (χ3v) is 3.16. The van der Waals surface area contributed by atoms with Crippen LogP contribution in [0.3, 0.4) is 0 Å². The Morgan fingerprint density at radius 2 is 1.71 bits per heavy atom. The van der Waals surface area contributed by atoms with Crippen LogP contribution in [-0.2, 0) is 9.52 Å². The Kier molecular flexibility index (Phi) is 2.37. The molecule has 1 nitrogen and oxygen atoms in total. The van der Waals surface area contributed by atoms with E-state index in [0.29, 0.717) is 11.5 Å². The Balaban J connectivity index is 3.89. The van der Waals surface area contributed by atoms with Crippen molar-refractivity contribution in [2.24, 2.45) is 0 Å². The van der Waals surface area contributed by atoms with E-state index >= 15 is 0 Å². The van der Waals surface area contributed by atoms with Crippen LogP contribution in [0.5, 0.6) is 0 Å². The maximum atomic E-state index is 10.8. The molecule has 0 spiro atoms. The Labute approximate surface area is 45.7 Å². The lowest BCUT2D eigenvalue weighted by Gasteiger charge is -1.96. The van der Waals surface area contributed by atoms with Gasteiger partial charge in [0.1, 0.15) is 0 Å². The molecule has 44 valence electrons. The Morgan fingerprint density at radius 1 is 1.43 bits per heavy atom. The summed E-state index contributed by atoms with van der Waals surface area (Å²) in [5.74, 6) is 4.96. The van der Waals surface area contributed by atoms with E-state index in [1.807, 2.05) is 13.8 Å². The van der Waals surface area contributed by atoms with E-state index in [2.05, 4.69) is 5.87 Å². The zero-order chi connectivity index (χ0) is 5.91. The molecule has 0 aromatic carbocycles. The highest BCUT2D eigenvalue weighted by Gasteiger charge is 1.91. The van der Waals surface area contributed by atoms with Crippen molar-refractivity contribution in [3.63, 3.8) is 0 Å². The van der Waals surface area contributed by atoms with E-state index in [4.69, 9.17) is 0 Å². The third-order valence-electron chi connectivity index (χ3n) is 1.05. The van der Waals surface area contributed by atoms with E-state index < -0.39 is 9.52 Å². The number of rotatable bonds is 2.